The predicted molar refractivity (Wildman–Crippen MR) is 57.7 cm³/mol. The molecule has 0 radical (unpaired) electrons. The van der Waals surface area contributed by atoms with Gasteiger partial charge in [0, 0.05) is 25.2 Å². The second-order valence-electron chi connectivity index (χ2n) is 5.04. The first kappa shape index (κ1) is 11.4. The second kappa shape index (κ2) is 4.81. The van der Waals surface area contributed by atoms with Crippen LogP contribution in [-0.4, -0.2) is 37.6 Å². The summed E-state index contributed by atoms with van der Waals surface area (Å²) in [7, 11) is 0. The molecule has 0 aromatic heterocycles. The van der Waals surface area contributed by atoms with Crippen molar-refractivity contribution in [2.75, 3.05) is 26.4 Å². The molecule has 2 aliphatic rings. The van der Waals surface area contributed by atoms with E-state index in [0.29, 0.717) is 0 Å². The van der Waals surface area contributed by atoms with Crippen molar-refractivity contribution in [1.29, 1.82) is 0 Å². The molecular formula is C12H22O3. The summed E-state index contributed by atoms with van der Waals surface area (Å²) in [6, 6.07) is 0. The third-order valence-electron chi connectivity index (χ3n) is 4.18. The van der Waals surface area contributed by atoms with Crippen molar-refractivity contribution in [3.63, 3.8) is 0 Å². The molecule has 0 aromatic rings. The summed E-state index contributed by atoms with van der Waals surface area (Å²) >= 11 is 0. The summed E-state index contributed by atoms with van der Waals surface area (Å²) in [6.45, 7) is 4.96. The molecule has 0 aliphatic carbocycles. The van der Waals surface area contributed by atoms with Crippen LogP contribution in [0.15, 0.2) is 0 Å². The Bertz CT molecular complexity index is 201. The van der Waals surface area contributed by atoms with E-state index in [1.807, 2.05) is 0 Å². The average Bonchev–Trinajstić information content (AvgIpc) is 2.62. The van der Waals surface area contributed by atoms with Crippen molar-refractivity contribution < 1.29 is 14.6 Å². The van der Waals surface area contributed by atoms with Crippen LogP contribution < -0.4 is 0 Å². The Balaban J connectivity index is 1.94. The average molecular weight is 214 g/mol. The highest BCUT2D eigenvalue weighted by Crippen LogP contribution is 2.42. The lowest BCUT2D eigenvalue weighted by Gasteiger charge is -2.35. The highest BCUT2D eigenvalue weighted by atomic mass is 16.5. The summed E-state index contributed by atoms with van der Waals surface area (Å²) < 4.78 is 11.0. The Hall–Kier alpha value is -0.120. The number of aliphatic hydroxyl groups excluding tert-OH is 1. The van der Waals surface area contributed by atoms with E-state index in [-0.39, 0.29) is 18.1 Å². The van der Waals surface area contributed by atoms with Crippen LogP contribution in [0.25, 0.3) is 0 Å². The van der Waals surface area contributed by atoms with Crippen LogP contribution in [0.1, 0.15) is 32.6 Å². The van der Waals surface area contributed by atoms with E-state index in [1.54, 1.807) is 0 Å². The molecule has 2 heterocycles. The highest BCUT2D eigenvalue weighted by Gasteiger charge is 2.42. The normalized spacial score (nSPS) is 38.4. The molecule has 2 unspecified atom stereocenters. The fourth-order valence-electron chi connectivity index (χ4n) is 2.88. The highest BCUT2D eigenvalue weighted by molar-refractivity contribution is 4.91. The summed E-state index contributed by atoms with van der Waals surface area (Å²) in [5.74, 6) is 0.718. The molecule has 0 amide bonds. The van der Waals surface area contributed by atoms with E-state index in [9.17, 15) is 5.11 Å². The summed E-state index contributed by atoms with van der Waals surface area (Å²) in [5, 5.41) is 9.61. The first-order chi connectivity index (χ1) is 7.27. The SMILES string of the molecule is CC1OCCC1(CO)CC1CCOCC1. The lowest BCUT2D eigenvalue weighted by atomic mass is 9.73. The number of hydrogen-bond donors (Lipinski definition) is 1. The molecule has 2 rings (SSSR count). The van der Waals surface area contributed by atoms with Gasteiger partial charge in [-0.2, -0.15) is 0 Å². The van der Waals surface area contributed by atoms with E-state index >= 15 is 0 Å². The molecule has 3 heteroatoms. The number of aliphatic hydroxyl groups is 1. The number of rotatable bonds is 3. The van der Waals surface area contributed by atoms with E-state index in [2.05, 4.69) is 6.92 Å². The smallest absolute Gasteiger partial charge is 0.0626 e. The van der Waals surface area contributed by atoms with E-state index in [4.69, 9.17) is 9.47 Å². The first-order valence-corrected chi connectivity index (χ1v) is 6.07. The first-order valence-electron chi connectivity index (χ1n) is 6.07. The Morgan fingerprint density at radius 1 is 1.27 bits per heavy atom. The minimum Gasteiger partial charge on any atom is -0.396 e. The molecule has 2 saturated heterocycles. The molecule has 2 fully saturated rings. The zero-order valence-corrected chi connectivity index (χ0v) is 9.58. The molecule has 0 saturated carbocycles. The van der Waals surface area contributed by atoms with Crippen molar-refractivity contribution >= 4 is 0 Å². The zero-order chi connectivity index (χ0) is 10.7. The van der Waals surface area contributed by atoms with Crippen LogP contribution in [-0.2, 0) is 9.47 Å². The monoisotopic (exact) mass is 214 g/mol. The number of hydrogen-bond acceptors (Lipinski definition) is 3. The molecule has 3 nitrogen and oxygen atoms in total. The minimum absolute atomic E-state index is 0.0298. The summed E-state index contributed by atoms with van der Waals surface area (Å²) in [6.07, 6.45) is 4.63. The lowest BCUT2D eigenvalue weighted by Crippen LogP contribution is -2.36. The predicted octanol–water partition coefficient (Wildman–Crippen LogP) is 1.59. The lowest BCUT2D eigenvalue weighted by molar-refractivity contribution is -0.00867. The van der Waals surface area contributed by atoms with Crippen molar-refractivity contribution in [3.05, 3.63) is 0 Å². The molecule has 1 N–H and O–H groups in total. The molecule has 2 aliphatic heterocycles. The van der Waals surface area contributed by atoms with Crippen LogP contribution in [0.5, 0.6) is 0 Å². The molecular weight excluding hydrogens is 192 g/mol. The van der Waals surface area contributed by atoms with Gasteiger partial charge in [-0.1, -0.05) is 0 Å². The molecule has 15 heavy (non-hydrogen) atoms. The fraction of sp³-hybridized carbons (Fsp3) is 1.00. The third-order valence-corrected chi connectivity index (χ3v) is 4.18. The quantitative estimate of drug-likeness (QED) is 0.775. The largest absolute Gasteiger partial charge is 0.396 e. The molecule has 0 bridgehead atoms. The Kier molecular flexibility index (Phi) is 3.65. The van der Waals surface area contributed by atoms with Gasteiger partial charge in [0.05, 0.1) is 12.7 Å². The Labute approximate surface area is 91.8 Å². The van der Waals surface area contributed by atoms with E-state index in [0.717, 1.165) is 51.4 Å². The van der Waals surface area contributed by atoms with Crippen molar-refractivity contribution in [2.24, 2.45) is 11.3 Å². The fourth-order valence-corrected chi connectivity index (χ4v) is 2.88. The van der Waals surface area contributed by atoms with Gasteiger partial charge >= 0.3 is 0 Å². The maximum absolute atomic E-state index is 9.61. The molecule has 0 aromatic carbocycles. The molecule has 0 spiro atoms. The van der Waals surface area contributed by atoms with E-state index < -0.39 is 0 Å². The van der Waals surface area contributed by atoms with Crippen molar-refractivity contribution in [3.8, 4) is 0 Å². The van der Waals surface area contributed by atoms with Crippen molar-refractivity contribution in [2.45, 2.75) is 38.7 Å². The number of ether oxygens (including phenoxy) is 2. The van der Waals surface area contributed by atoms with Gasteiger partial charge in [0.1, 0.15) is 0 Å². The van der Waals surface area contributed by atoms with Gasteiger partial charge in [-0.15, -0.1) is 0 Å². The van der Waals surface area contributed by atoms with Crippen LogP contribution in [0.3, 0.4) is 0 Å². The van der Waals surface area contributed by atoms with Gasteiger partial charge in [-0.3, -0.25) is 0 Å². The summed E-state index contributed by atoms with van der Waals surface area (Å²) in [4.78, 5) is 0. The van der Waals surface area contributed by atoms with Gasteiger partial charge in [0.15, 0.2) is 0 Å². The maximum Gasteiger partial charge on any atom is 0.0626 e. The van der Waals surface area contributed by atoms with Crippen LogP contribution >= 0.6 is 0 Å². The molecule has 2 atom stereocenters. The van der Waals surface area contributed by atoms with Gasteiger partial charge in [0.25, 0.3) is 0 Å². The second-order valence-corrected chi connectivity index (χ2v) is 5.04. The Morgan fingerprint density at radius 2 is 2.00 bits per heavy atom. The standard InChI is InChI=1S/C12H22O3/c1-10-12(9-13,4-7-15-10)8-11-2-5-14-6-3-11/h10-11,13H,2-9H2,1H3. The van der Waals surface area contributed by atoms with Crippen molar-refractivity contribution in [1.82, 2.24) is 0 Å². The Morgan fingerprint density at radius 3 is 2.53 bits per heavy atom. The summed E-state index contributed by atoms with van der Waals surface area (Å²) in [5.41, 5.74) is 0.0298. The van der Waals surface area contributed by atoms with E-state index in [1.165, 1.54) is 0 Å². The van der Waals surface area contributed by atoms with Gasteiger partial charge in [0.2, 0.25) is 0 Å². The van der Waals surface area contributed by atoms with Crippen LogP contribution in [0.2, 0.25) is 0 Å². The van der Waals surface area contributed by atoms with Gasteiger partial charge in [-0.05, 0) is 38.5 Å². The minimum atomic E-state index is 0.0298. The maximum atomic E-state index is 9.61. The zero-order valence-electron chi connectivity index (χ0n) is 9.58. The molecule has 88 valence electrons. The topological polar surface area (TPSA) is 38.7 Å². The van der Waals surface area contributed by atoms with Crippen LogP contribution in [0.4, 0.5) is 0 Å². The third kappa shape index (κ3) is 2.35. The van der Waals surface area contributed by atoms with Crippen LogP contribution in [0, 0.1) is 11.3 Å². The van der Waals surface area contributed by atoms with Gasteiger partial charge in [-0.25, -0.2) is 0 Å². The van der Waals surface area contributed by atoms with Gasteiger partial charge < -0.3 is 14.6 Å².